The third kappa shape index (κ3) is 4.58. The van der Waals surface area contributed by atoms with Crippen molar-refractivity contribution in [3.05, 3.63) is 17.8 Å². The lowest BCUT2D eigenvalue weighted by atomic mass is 10.2. The monoisotopic (exact) mass is 258 g/mol. The molecule has 0 fully saturated rings. The first-order valence-corrected chi connectivity index (χ1v) is 6.78. The highest BCUT2D eigenvalue weighted by Crippen LogP contribution is 2.13. The topological polar surface area (TPSA) is 97.1 Å². The van der Waals surface area contributed by atoms with Gasteiger partial charge in [-0.2, -0.15) is 13.1 Å². The zero-order chi connectivity index (χ0) is 13.1. The number of rotatable bonds is 5. The summed E-state index contributed by atoms with van der Waals surface area (Å²) in [4.78, 5) is 3.90. The Labute approximate surface area is 102 Å². The Hall–Kier alpha value is -1.34. The Morgan fingerprint density at radius 2 is 2.12 bits per heavy atom. The summed E-state index contributed by atoms with van der Waals surface area (Å²) in [5.74, 6) is 0.501. The van der Waals surface area contributed by atoms with E-state index in [-0.39, 0.29) is 11.7 Å². The van der Waals surface area contributed by atoms with Gasteiger partial charge in [0.1, 0.15) is 5.82 Å². The van der Waals surface area contributed by atoms with E-state index in [0.717, 1.165) is 5.56 Å². The van der Waals surface area contributed by atoms with E-state index in [1.807, 2.05) is 13.8 Å². The van der Waals surface area contributed by atoms with Gasteiger partial charge in [-0.1, -0.05) is 13.8 Å². The van der Waals surface area contributed by atoms with Crippen molar-refractivity contribution < 1.29 is 8.42 Å². The predicted molar refractivity (Wildman–Crippen MR) is 68.8 cm³/mol. The summed E-state index contributed by atoms with van der Waals surface area (Å²) in [6.45, 7) is 6.02. The summed E-state index contributed by atoms with van der Waals surface area (Å²) in [6, 6.07) is 1.59. The van der Waals surface area contributed by atoms with Gasteiger partial charge >= 0.3 is 0 Å². The molecule has 17 heavy (non-hydrogen) atoms. The maximum Gasteiger partial charge on any atom is 0.300 e. The van der Waals surface area contributed by atoms with E-state index in [9.17, 15) is 8.42 Å². The molecular weight excluding hydrogens is 240 g/mol. The maximum atomic E-state index is 11.6. The minimum absolute atomic E-state index is 0.243. The standard InChI is InChI=1S/C10H18N4O2S/c1-7(2)5-13-17(15,16)14-10-4-8(3)9(11)6-12-10/h4,6-7,13H,5,11H2,1-3H3,(H,12,14). The van der Waals surface area contributed by atoms with Gasteiger partial charge in [0.05, 0.1) is 11.9 Å². The smallest absolute Gasteiger partial charge is 0.300 e. The van der Waals surface area contributed by atoms with Crippen LogP contribution in [0.25, 0.3) is 0 Å². The molecule has 0 aromatic carbocycles. The van der Waals surface area contributed by atoms with Crippen LogP contribution in [0, 0.1) is 12.8 Å². The third-order valence-electron chi connectivity index (χ3n) is 2.07. The molecule has 0 spiro atoms. The van der Waals surface area contributed by atoms with E-state index < -0.39 is 10.2 Å². The minimum atomic E-state index is -3.56. The predicted octanol–water partition coefficient (Wildman–Crippen LogP) is 0.875. The van der Waals surface area contributed by atoms with E-state index in [2.05, 4.69) is 14.4 Å². The Bertz CT molecular complexity index is 485. The van der Waals surface area contributed by atoms with Crippen molar-refractivity contribution >= 4 is 21.7 Å². The molecule has 1 aromatic rings. The molecule has 0 radical (unpaired) electrons. The molecule has 1 rings (SSSR count). The van der Waals surface area contributed by atoms with Crippen LogP contribution in [0.3, 0.4) is 0 Å². The van der Waals surface area contributed by atoms with Crippen LogP contribution in [0.2, 0.25) is 0 Å². The average Bonchev–Trinajstić information content (AvgIpc) is 2.21. The van der Waals surface area contributed by atoms with E-state index in [1.165, 1.54) is 6.20 Å². The largest absolute Gasteiger partial charge is 0.397 e. The van der Waals surface area contributed by atoms with Crippen molar-refractivity contribution in [2.24, 2.45) is 5.92 Å². The molecule has 6 nitrogen and oxygen atoms in total. The number of hydrogen-bond acceptors (Lipinski definition) is 4. The van der Waals surface area contributed by atoms with Crippen LogP contribution in [0.1, 0.15) is 19.4 Å². The fourth-order valence-corrected chi connectivity index (χ4v) is 2.08. The lowest BCUT2D eigenvalue weighted by Gasteiger charge is -2.11. The second-order valence-electron chi connectivity index (χ2n) is 4.27. The van der Waals surface area contributed by atoms with Crippen LogP contribution in [0.15, 0.2) is 12.3 Å². The summed E-state index contributed by atoms with van der Waals surface area (Å²) in [6.07, 6.45) is 1.43. The quantitative estimate of drug-likeness (QED) is 0.730. The molecule has 96 valence electrons. The van der Waals surface area contributed by atoms with Crippen LogP contribution in [-0.4, -0.2) is 19.9 Å². The van der Waals surface area contributed by atoms with E-state index in [4.69, 9.17) is 5.73 Å². The SMILES string of the molecule is Cc1cc(NS(=O)(=O)NCC(C)C)ncc1N. The first kappa shape index (κ1) is 13.7. The van der Waals surface area contributed by atoms with Crippen LogP contribution >= 0.6 is 0 Å². The summed E-state index contributed by atoms with van der Waals surface area (Å²) in [5.41, 5.74) is 6.91. The van der Waals surface area contributed by atoms with Crippen LogP contribution in [0.4, 0.5) is 11.5 Å². The van der Waals surface area contributed by atoms with Crippen molar-refractivity contribution in [2.45, 2.75) is 20.8 Å². The van der Waals surface area contributed by atoms with Crippen molar-refractivity contribution in [3.63, 3.8) is 0 Å². The fourth-order valence-electron chi connectivity index (χ4n) is 1.07. The molecule has 1 aromatic heterocycles. The number of pyridine rings is 1. The van der Waals surface area contributed by atoms with Gasteiger partial charge in [-0.3, -0.25) is 4.72 Å². The van der Waals surface area contributed by atoms with Crippen molar-refractivity contribution in [3.8, 4) is 0 Å². The van der Waals surface area contributed by atoms with Gasteiger partial charge in [-0.05, 0) is 24.5 Å². The summed E-state index contributed by atoms with van der Waals surface area (Å²) in [5, 5.41) is 0. The highest BCUT2D eigenvalue weighted by Gasteiger charge is 2.11. The molecule has 1 heterocycles. The number of aryl methyl sites for hydroxylation is 1. The van der Waals surface area contributed by atoms with Gasteiger partial charge in [0.15, 0.2) is 0 Å². The first-order valence-electron chi connectivity index (χ1n) is 5.29. The zero-order valence-corrected chi connectivity index (χ0v) is 11.0. The highest BCUT2D eigenvalue weighted by atomic mass is 32.2. The second kappa shape index (κ2) is 5.33. The molecule has 0 bridgehead atoms. The number of anilines is 2. The fraction of sp³-hybridized carbons (Fsp3) is 0.500. The molecule has 0 saturated heterocycles. The molecule has 4 N–H and O–H groups in total. The molecule has 0 amide bonds. The molecule has 0 atom stereocenters. The zero-order valence-electron chi connectivity index (χ0n) is 10.2. The summed E-state index contributed by atoms with van der Waals surface area (Å²) >= 11 is 0. The molecular formula is C10H18N4O2S. The molecule has 7 heteroatoms. The molecule has 0 aliphatic heterocycles. The van der Waals surface area contributed by atoms with E-state index in [1.54, 1.807) is 13.0 Å². The number of nitrogens with one attached hydrogen (secondary N) is 2. The first-order chi connectivity index (χ1) is 7.80. The van der Waals surface area contributed by atoms with E-state index in [0.29, 0.717) is 12.2 Å². The van der Waals surface area contributed by atoms with Crippen LogP contribution < -0.4 is 15.2 Å². The van der Waals surface area contributed by atoms with Crippen molar-refractivity contribution in [1.29, 1.82) is 0 Å². The Morgan fingerprint density at radius 1 is 1.47 bits per heavy atom. The Morgan fingerprint density at radius 3 is 2.65 bits per heavy atom. The lowest BCUT2D eigenvalue weighted by Crippen LogP contribution is -2.33. The molecule has 0 saturated carbocycles. The Balaban J connectivity index is 2.73. The van der Waals surface area contributed by atoms with Gasteiger partial charge in [0.25, 0.3) is 10.2 Å². The summed E-state index contributed by atoms with van der Waals surface area (Å²) < 4.78 is 28.0. The number of nitrogens with two attached hydrogens (primary N) is 1. The minimum Gasteiger partial charge on any atom is -0.397 e. The van der Waals surface area contributed by atoms with Crippen molar-refractivity contribution in [1.82, 2.24) is 9.71 Å². The highest BCUT2D eigenvalue weighted by molar-refractivity contribution is 7.90. The molecule has 0 aliphatic rings. The van der Waals surface area contributed by atoms with Gasteiger partial charge in [0, 0.05) is 6.54 Å². The van der Waals surface area contributed by atoms with Gasteiger partial charge < -0.3 is 5.73 Å². The van der Waals surface area contributed by atoms with Gasteiger partial charge in [-0.15, -0.1) is 0 Å². The van der Waals surface area contributed by atoms with E-state index >= 15 is 0 Å². The number of aromatic nitrogens is 1. The molecule has 0 aliphatic carbocycles. The maximum absolute atomic E-state index is 11.6. The Kier molecular flexibility index (Phi) is 4.30. The number of nitrogen functional groups attached to an aromatic ring is 1. The molecule has 0 unspecified atom stereocenters. The van der Waals surface area contributed by atoms with Crippen LogP contribution in [0.5, 0.6) is 0 Å². The lowest BCUT2D eigenvalue weighted by molar-refractivity contribution is 0.564. The average molecular weight is 258 g/mol. The third-order valence-corrected chi connectivity index (χ3v) is 3.10. The summed E-state index contributed by atoms with van der Waals surface area (Å²) in [7, 11) is -3.56. The van der Waals surface area contributed by atoms with Gasteiger partial charge in [0.2, 0.25) is 0 Å². The van der Waals surface area contributed by atoms with Crippen LogP contribution in [-0.2, 0) is 10.2 Å². The second-order valence-corrected chi connectivity index (χ2v) is 5.77. The number of hydrogen-bond donors (Lipinski definition) is 3. The van der Waals surface area contributed by atoms with Crippen molar-refractivity contribution in [2.75, 3.05) is 17.0 Å². The normalized spacial score (nSPS) is 11.8. The van der Waals surface area contributed by atoms with Gasteiger partial charge in [-0.25, -0.2) is 4.98 Å². The number of nitrogens with zero attached hydrogens (tertiary/aromatic N) is 1.